The normalized spacial score (nSPS) is 12.3. The molecule has 3 N–H and O–H groups in total. The van der Waals surface area contributed by atoms with Crippen LogP contribution in [0.15, 0.2) is 66.7 Å². The summed E-state index contributed by atoms with van der Waals surface area (Å²) in [6.07, 6.45) is 4.68. The average molecular weight is 346 g/mol. The Labute approximate surface area is 153 Å². The highest BCUT2D eigenvalue weighted by molar-refractivity contribution is 5.70. The summed E-state index contributed by atoms with van der Waals surface area (Å²) < 4.78 is 0. The summed E-state index contributed by atoms with van der Waals surface area (Å²) in [5.41, 5.74) is 4.10. The van der Waals surface area contributed by atoms with Crippen molar-refractivity contribution in [2.24, 2.45) is 0 Å². The van der Waals surface area contributed by atoms with Crippen LogP contribution in [0.4, 0.5) is 0 Å². The minimum Gasteiger partial charge on any atom is -0.508 e. The molecule has 0 aliphatic heterocycles. The number of hydrogen-bond donors (Lipinski definition) is 3. The zero-order valence-electron chi connectivity index (χ0n) is 14.6. The predicted octanol–water partition coefficient (Wildman–Crippen LogP) is 5.32. The number of hydrogen-bond acceptors (Lipinski definition) is 3. The van der Waals surface area contributed by atoms with Crippen molar-refractivity contribution in [1.82, 2.24) is 0 Å². The van der Waals surface area contributed by atoms with Crippen LogP contribution in [0.3, 0.4) is 0 Å². The van der Waals surface area contributed by atoms with E-state index in [1.165, 1.54) is 0 Å². The Morgan fingerprint density at radius 1 is 0.692 bits per heavy atom. The topological polar surface area (TPSA) is 60.7 Å². The summed E-state index contributed by atoms with van der Waals surface area (Å²) in [6.45, 7) is 2.13. The van der Waals surface area contributed by atoms with Gasteiger partial charge in [0.15, 0.2) is 0 Å². The van der Waals surface area contributed by atoms with E-state index in [-0.39, 0.29) is 23.2 Å². The Bertz CT molecular complexity index is 894. The molecule has 0 radical (unpaired) electrons. The van der Waals surface area contributed by atoms with Gasteiger partial charge in [-0.15, -0.1) is 0 Å². The number of aromatic hydroxyl groups is 3. The molecule has 3 aromatic rings. The van der Waals surface area contributed by atoms with Crippen molar-refractivity contribution in [2.75, 3.05) is 0 Å². The molecule has 0 bridgehead atoms. The fourth-order valence-corrected chi connectivity index (χ4v) is 2.97. The van der Waals surface area contributed by atoms with Crippen LogP contribution in [0, 0.1) is 0 Å². The molecule has 0 saturated carbocycles. The van der Waals surface area contributed by atoms with Crippen molar-refractivity contribution in [2.45, 2.75) is 19.3 Å². The first kappa shape index (κ1) is 17.6. The van der Waals surface area contributed by atoms with Gasteiger partial charge < -0.3 is 15.3 Å². The molecule has 0 saturated heterocycles. The van der Waals surface area contributed by atoms with E-state index in [4.69, 9.17) is 0 Å². The predicted molar refractivity (Wildman–Crippen MR) is 105 cm³/mol. The first-order valence-electron chi connectivity index (χ1n) is 8.58. The van der Waals surface area contributed by atoms with Crippen LogP contribution >= 0.6 is 0 Å². The molecule has 3 heteroatoms. The van der Waals surface area contributed by atoms with Crippen LogP contribution < -0.4 is 0 Å². The van der Waals surface area contributed by atoms with Crippen LogP contribution in [0.25, 0.3) is 12.2 Å². The first-order chi connectivity index (χ1) is 12.5. The number of phenols is 3. The lowest BCUT2D eigenvalue weighted by atomic mass is 9.93. The molecule has 132 valence electrons. The summed E-state index contributed by atoms with van der Waals surface area (Å²) in [5.74, 6) is 1.02. The van der Waals surface area contributed by atoms with E-state index in [2.05, 4.69) is 13.0 Å². The lowest BCUT2D eigenvalue weighted by molar-refractivity contribution is 0.474. The molecule has 0 heterocycles. The molecule has 26 heavy (non-hydrogen) atoms. The number of phenolic OH excluding ortho intramolecular Hbond substituents is 3. The van der Waals surface area contributed by atoms with E-state index in [0.717, 1.165) is 28.7 Å². The average Bonchev–Trinajstić information content (AvgIpc) is 2.61. The van der Waals surface area contributed by atoms with Crippen molar-refractivity contribution < 1.29 is 15.3 Å². The molecule has 3 aromatic carbocycles. The SMILES string of the molecule is CC(Cc1cc(O)cc(/C=C/c2ccc(O)cc2)c1)c1ccc(O)cc1. The highest BCUT2D eigenvalue weighted by atomic mass is 16.3. The van der Waals surface area contributed by atoms with Gasteiger partial charge in [0, 0.05) is 0 Å². The van der Waals surface area contributed by atoms with Gasteiger partial charge >= 0.3 is 0 Å². The summed E-state index contributed by atoms with van der Waals surface area (Å²) in [4.78, 5) is 0. The van der Waals surface area contributed by atoms with Crippen LogP contribution in [0.2, 0.25) is 0 Å². The minimum atomic E-state index is 0.241. The van der Waals surface area contributed by atoms with E-state index >= 15 is 0 Å². The lowest BCUT2D eigenvalue weighted by Gasteiger charge is -2.13. The maximum absolute atomic E-state index is 10.0. The molecule has 0 aliphatic rings. The monoisotopic (exact) mass is 346 g/mol. The number of rotatable bonds is 5. The van der Waals surface area contributed by atoms with Crippen molar-refractivity contribution >= 4 is 12.2 Å². The van der Waals surface area contributed by atoms with E-state index in [0.29, 0.717) is 0 Å². The summed E-state index contributed by atoms with van der Waals surface area (Å²) in [6, 6.07) is 19.8. The van der Waals surface area contributed by atoms with Gasteiger partial charge in [-0.25, -0.2) is 0 Å². The molecular formula is C23H22O3. The third-order valence-corrected chi connectivity index (χ3v) is 4.37. The third-order valence-electron chi connectivity index (χ3n) is 4.37. The molecular weight excluding hydrogens is 324 g/mol. The second-order valence-electron chi connectivity index (χ2n) is 6.55. The van der Waals surface area contributed by atoms with Gasteiger partial charge in [-0.1, -0.05) is 49.4 Å². The van der Waals surface area contributed by atoms with E-state index < -0.39 is 0 Å². The number of benzene rings is 3. The molecule has 1 unspecified atom stereocenters. The largest absolute Gasteiger partial charge is 0.508 e. The van der Waals surface area contributed by atoms with Gasteiger partial charge in [-0.05, 0) is 71.0 Å². The van der Waals surface area contributed by atoms with Gasteiger partial charge in [0.25, 0.3) is 0 Å². The fourth-order valence-electron chi connectivity index (χ4n) is 2.97. The molecule has 0 spiro atoms. The molecule has 0 fully saturated rings. The smallest absolute Gasteiger partial charge is 0.116 e. The standard InChI is InChI=1S/C23H22O3/c1-16(20-6-10-22(25)11-7-20)12-19-13-18(14-23(26)15-19)3-2-17-4-8-21(24)9-5-17/h2-11,13-16,24-26H,12H2,1H3/b3-2+. The van der Waals surface area contributed by atoms with E-state index in [9.17, 15) is 15.3 Å². The second kappa shape index (κ2) is 7.79. The van der Waals surface area contributed by atoms with Gasteiger partial charge in [0.05, 0.1) is 0 Å². The maximum atomic E-state index is 10.0. The molecule has 0 aromatic heterocycles. The van der Waals surface area contributed by atoms with Crippen molar-refractivity contribution in [3.05, 3.63) is 89.0 Å². The highest BCUT2D eigenvalue weighted by Gasteiger charge is 2.08. The van der Waals surface area contributed by atoms with Crippen molar-refractivity contribution in [1.29, 1.82) is 0 Å². The van der Waals surface area contributed by atoms with Gasteiger partial charge in [-0.3, -0.25) is 0 Å². The van der Waals surface area contributed by atoms with Crippen LogP contribution in [-0.4, -0.2) is 15.3 Å². The Morgan fingerprint density at radius 2 is 1.27 bits per heavy atom. The third kappa shape index (κ3) is 4.67. The zero-order valence-corrected chi connectivity index (χ0v) is 14.6. The Balaban J connectivity index is 1.76. The molecule has 0 amide bonds. The Hall–Kier alpha value is -3.20. The van der Waals surface area contributed by atoms with Gasteiger partial charge in [0.2, 0.25) is 0 Å². The maximum Gasteiger partial charge on any atom is 0.116 e. The molecule has 3 rings (SSSR count). The van der Waals surface area contributed by atoms with E-state index in [1.54, 1.807) is 36.4 Å². The van der Waals surface area contributed by atoms with Gasteiger partial charge in [0.1, 0.15) is 17.2 Å². The lowest BCUT2D eigenvalue weighted by Crippen LogP contribution is -1.98. The van der Waals surface area contributed by atoms with Crippen LogP contribution in [0.1, 0.15) is 35.1 Å². The molecule has 1 atom stereocenters. The van der Waals surface area contributed by atoms with Crippen LogP contribution in [0.5, 0.6) is 17.2 Å². The summed E-state index contributed by atoms with van der Waals surface area (Å²) in [7, 11) is 0. The molecule has 3 nitrogen and oxygen atoms in total. The molecule has 0 aliphatic carbocycles. The summed E-state index contributed by atoms with van der Waals surface area (Å²) >= 11 is 0. The van der Waals surface area contributed by atoms with Crippen molar-refractivity contribution in [3.63, 3.8) is 0 Å². The highest BCUT2D eigenvalue weighted by Crippen LogP contribution is 2.26. The van der Waals surface area contributed by atoms with Crippen LogP contribution in [-0.2, 0) is 6.42 Å². The Morgan fingerprint density at radius 3 is 1.92 bits per heavy atom. The summed E-state index contributed by atoms with van der Waals surface area (Å²) in [5, 5.41) is 28.8. The first-order valence-corrected chi connectivity index (χ1v) is 8.58. The quantitative estimate of drug-likeness (QED) is 0.548. The van der Waals surface area contributed by atoms with Gasteiger partial charge in [-0.2, -0.15) is 0 Å². The van der Waals surface area contributed by atoms with E-state index in [1.807, 2.05) is 36.4 Å². The Kier molecular flexibility index (Phi) is 5.28. The second-order valence-corrected chi connectivity index (χ2v) is 6.55. The minimum absolute atomic E-state index is 0.241. The van der Waals surface area contributed by atoms with Crippen molar-refractivity contribution in [3.8, 4) is 17.2 Å². The zero-order chi connectivity index (χ0) is 18.5. The fraction of sp³-hybridized carbons (Fsp3) is 0.130.